The van der Waals surface area contributed by atoms with Crippen LogP contribution in [0.3, 0.4) is 0 Å². The van der Waals surface area contributed by atoms with Gasteiger partial charge in [-0.25, -0.2) is 0 Å². The van der Waals surface area contributed by atoms with E-state index in [2.05, 4.69) is 23.8 Å². The minimum absolute atomic E-state index is 0.0500. The molecule has 0 bridgehead atoms. The summed E-state index contributed by atoms with van der Waals surface area (Å²) in [6.07, 6.45) is 3.34. The van der Waals surface area contributed by atoms with Crippen molar-refractivity contribution in [3.8, 4) is 0 Å². The summed E-state index contributed by atoms with van der Waals surface area (Å²) in [6, 6.07) is 1.96. The third-order valence-corrected chi connectivity index (χ3v) is 3.32. The molecule has 0 aliphatic carbocycles. The first kappa shape index (κ1) is 11.0. The highest BCUT2D eigenvalue weighted by Crippen LogP contribution is 2.21. The molecule has 1 aliphatic heterocycles. The van der Waals surface area contributed by atoms with Crippen molar-refractivity contribution < 1.29 is 0 Å². The minimum Gasteiger partial charge on any atom is -0.301 e. The lowest BCUT2D eigenvalue weighted by Crippen LogP contribution is -2.47. The Morgan fingerprint density at radius 1 is 1.53 bits per heavy atom. The van der Waals surface area contributed by atoms with E-state index < -0.39 is 0 Å². The number of aromatic nitrogens is 2. The standard InChI is InChI=1S/C10H18N4S/c1-10(2,8-13-5-3-6-13)14-7-4-9(12-14)15-11/h4,7H,3,5-6,8,11H2,1-2H3. The Balaban J connectivity index is 2.05. The summed E-state index contributed by atoms with van der Waals surface area (Å²) >= 11 is 1.20. The average molecular weight is 226 g/mol. The maximum absolute atomic E-state index is 5.48. The Morgan fingerprint density at radius 2 is 2.27 bits per heavy atom. The number of likely N-dealkylation sites (tertiary alicyclic amines) is 1. The molecule has 2 N–H and O–H groups in total. The van der Waals surface area contributed by atoms with Crippen LogP contribution in [0.4, 0.5) is 0 Å². The molecule has 5 heteroatoms. The second kappa shape index (κ2) is 4.15. The highest BCUT2D eigenvalue weighted by atomic mass is 32.2. The third kappa shape index (κ3) is 2.35. The molecule has 0 saturated carbocycles. The van der Waals surface area contributed by atoms with E-state index in [1.807, 2.05) is 16.9 Å². The molecule has 0 atom stereocenters. The number of nitrogens with two attached hydrogens (primary N) is 1. The SMILES string of the molecule is CC(C)(CN1CCC1)n1ccc(SN)n1. The molecule has 4 nitrogen and oxygen atoms in total. The zero-order valence-corrected chi connectivity index (χ0v) is 10.1. The first-order chi connectivity index (χ1) is 7.12. The summed E-state index contributed by atoms with van der Waals surface area (Å²) < 4.78 is 2.01. The Kier molecular flexibility index (Phi) is 3.04. The van der Waals surface area contributed by atoms with Gasteiger partial charge in [0.15, 0.2) is 0 Å². The van der Waals surface area contributed by atoms with Gasteiger partial charge in [0.25, 0.3) is 0 Å². The first-order valence-electron chi connectivity index (χ1n) is 5.27. The van der Waals surface area contributed by atoms with Gasteiger partial charge in [-0.3, -0.25) is 9.82 Å². The highest BCUT2D eigenvalue weighted by molar-refractivity contribution is 7.97. The summed E-state index contributed by atoms with van der Waals surface area (Å²) in [6.45, 7) is 7.93. The van der Waals surface area contributed by atoms with Crippen molar-refractivity contribution in [1.82, 2.24) is 14.7 Å². The Labute approximate surface area is 94.9 Å². The van der Waals surface area contributed by atoms with Crippen molar-refractivity contribution in [2.24, 2.45) is 5.14 Å². The van der Waals surface area contributed by atoms with Gasteiger partial charge >= 0.3 is 0 Å². The molecule has 15 heavy (non-hydrogen) atoms. The predicted octanol–water partition coefficient (Wildman–Crippen LogP) is 1.29. The molecule has 2 heterocycles. The van der Waals surface area contributed by atoms with Gasteiger partial charge in [-0.05, 0) is 51.4 Å². The molecule has 1 saturated heterocycles. The van der Waals surface area contributed by atoms with Gasteiger partial charge in [0.1, 0.15) is 5.03 Å². The summed E-state index contributed by atoms with van der Waals surface area (Å²) in [4.78, 5) is 2.46. The predicted molar refractivity (Wildman–Crippen MR) is 62.7 cm³/mol. The number of hydrogen-bond donors (Lipinski definition) is 1. The van der Waals surface area contributed by atoms with Crippen LogP contribution in [0, 0.1) is 0 Å². The van der Waals surface area contributed by atoms with E-state index >= 15 is 0 Å². The number of hydrogen-bond acceptors (Lipinski definition) is 4. The van der Waals surface area contributed by atoms with Gasteiger partial charge in [-0.2, -0.15) is 5.10 Å². The third-order valence-electron chi connectivity index (χ3n) is 2.86. The Morgan fingerprint density at radius 3 is 2.73 bits per heavy atom. The van der Waals surface area contributed by atoms with E-state index in [4.69, 9.17) is 5.14 Å². The smallest absolute Gasteiger partial charge is 0.133 e. The molecular weight excluding hydrogens is 208 g/mol. The average Bonchev–Trinajstić information content (AvgIpc) is 2.60. The number of rotatable bonds is 4. The van der Waals surface area contributed by atoms with Crippen molar-refractivity contribution in [2.75, 3.05) is 19.6 Å². The quantitative estimate of drug-likeness (QED) is 0.786. The van der Waals surface area contributed by atoms with E-state index in [0.29, 0.717) is 0 Å². The zero-order chi connectivity index (χ0) is 10.9. The largest absolute Gasteiger partial charge is 0.301 e. The van der Waals surface area contributed by atoms with Gasteiger partial charge in [0.05, 0.1) is 5.54 Å². The van der Waals surface area contributed by atoms with Crippen LogP contribution in [0.15, 0.2) is 17.3 Å². The molecule has 0 radical (unpaired) electrons. The van der Waals surface area contributed by atoms with Crippen LogP contribution in [0.2, 0.25) is 0 Å². The van der Waals surface area contributed by atoms with Crippen LogP contribution in [-0.2, 0) is 5.54 Å². The molecule has 2 rings (SSSR count). The molecule has 84 valence electrons. The van der Waals surface area contributed by atoms with E-state index in [0.717, 1.165) is 11.6 Å². The maximum Gasteiger partial charge on any atom is 0.133 e. The molecule has 1 aromatic heterocycles. The van der Waals surface area contributed by atoms with E-state index in [9.17, 15) is 0 Å². The van der Waals surface area contributed by atoms with Crippen LogP contribution >= 0.6 is 11.9 Å². The van der Waals surface area contributed by atoms with E-state index in [1.54, 1.807) is 0 Å². The molecule has 0 amide bonds. The first-order valence-corrected chi connectivity index (χ1v) is 6.15. The normalized spacial score (nSPS) is 17.8. The lowest BCUT2D eigenvalue weighted by Gasteiger charge is -2.38. The second-order valence-electron chi connectivity index (χ2n) is 4.66. The monoisotopic (exact) mass is 226 g/mol. The molecule has 0 aromatic carbocycles. The van der Waals surface area contributed by atoms with Crippen LogP contribution in [-0.4, -0.2) is 34.3 Å². The lowest BCUT2D eigenvalue weighted by atomic mass is 10.0. The fraction of sp³-hybridized carbons (Fsp3) is 0.700. The van der Waals surface area contributed by atoms with Crippen molar-refractivity contribution in [1.29, 1.82) is 0 Å². The van der Waals surface area contributed by atoms with Gasteiger partial charge in [0, 0.05) is 12.7 Å². The Bertz CT molecular complexity index is 330. The van der Waals surface area contributed by atoms with Crippen LogP contribution in [0.1, 0.15) is 20.3 Å². The van der Waals surface area contributed by atoms with Gasteiger partial charge in [0.2, 0.25) is 0 Å². The van der Waals surface area contributed by atoms with E-state index in [-0.39, 0.29) is 5.54 Å². The second-order valence-corrected chi connectivity index (χ2v) is 5.31. The summed E-state index contributed by atoms with van der Waals surface area (Å²) in [7, 11) is 0. The van der Waals surface area contributed by atoms with Crippen molar-refractivity contribution in [3.05, 3.63) is 12.3 Å². The highest BCUT2D eigenvalue weighted by Gasteiger charge is 2.27. The molecule has 0 spiro atoms. The minimum atomic E-state index is 0.0500. The molecule has 0 unspecified atom stereocenters. The lowest BCUT2D eigenvalue weighted by molar-refractivity contribution is 0.112. The summed E-state index contributed by atoms with van der Waals surface area (Å²) in [5.41, 5.74) is 0.0500. The van der Waals surface area contributed by atoms with Gasteiger partial charge in [-0.15, -0.1) is 0 Å². The number of nitrogens with zero attached hydrogens (tertiary/aromatic N) is 3. The zero-order valence-electron chi connectivity index (χ0n) is 9.31. The molecule has 1 aromatic rings. The molecule has 1 aliphatic rings. The maximum atomic E-state index is 5.48. The van der Waals surface area contributed by atoms with E-state index in [1.165, 1.54) is 31.5 Å². The van der Waals surface area contributed by atoms with Crippen LogP contribution in [0.25, 0.3) is 0 Å². The van der Waals surface area contributed by atoms with Gasteiger partial charge < -0.3 is 4.90 Å². The fourth-order valence-corrected chi connectivity index (χ4v) is 2.14. The van der Waals surface area contributed by atoms with Gasteiger partial charge in [-0.1, -0.05) is 0 Å². The van der Waals surface area contributed by atoms with Crippen molar-refractivity contribution >= 4 is 11.9 Å². The summed E-state index contributed by atoms with van der Waals surface area (Å²) in [5, 5.41) is 10.8. The van der Waals surface area contributed by atoms with Crippen molar-refractivity contribution in [2.45, 2.75) is 30.8 Å². The van der Waals surface area contributed by atoms with Crippen molar-refractivity contribution in [3.63, 3.8) is 0 Å². The Hall–Kier alpha value is -0.520. The fourth-order valence-electron chi connectivity index (χ4n) is 1.87. The van der Waals surface area contributed by atoms with Crippen LogP contribution in [0.5, 0.6) is 0 Å². The molecular formula is C10H18N4S. The topological polar surface area (TPSA) is 47.1 Å². The molecule has 1 fully saturated rings. The summed E-state index contributed by atoms with van der Waals surface area (Å²) in [5.74, 6) is 0. The van der Waals surface area contributed by atoms with Crippen LogP contribution < -0.4 is 5.14 Å².